The van der Waals surface area contributed by atoms with Gasteiger partial charge in [0, 0.05) is 23.8 Å². The highest BCUT2D eigenvalue weighted by molar-refractivity contribution is 9.10. The molecule has 1 fully saturated rings. The first-order valence-corrected chi connectivity index (χ1v) is 8.05. The molecule has 5 heteroatoms. The predicted molar refractivity (Wildman–Crippen MR) is 78.0 cm³/mol. The Balaban J connectivity index is 1.87. The van der Waals surface area contributed by atoms with Gasteiger partial charge in [0.1, 0.15) is 9.63 Å². The molecule has 18 heavy (non-hydrogen) atoms. The Bertz CT molecular complexity index is 554. The van der Waals surface area contributed by atoms with Gasteiger partial charge in [-0.1, -0.05) is 31.5 Å². The zero-order chi connectivity index (χ0) is 12.5. The number of nitrogens with zero attached hydrogens (tertiary/aromatic N) is 3. The van der Waals surface area contributed by atoms with Gasteiger partial charge in [-0.25, -0.2) is 9.97 Å². The fourth-order valence-electron chi connectivity index (χ4n) is 2.60. The third-order valence-corrected chi connectivity index (χ3v) is 5.12. The van der Waals surface area contributed by atoms with Gasteiger partial charge in [-0.2, -0.15) is 0 Å². The van der Waals surface area contributed by atoms with E-state index in [4.69, 9.17) is 0 Å². The molecule has 2 aromatic rings. The summed E-state index contributed by atoms with van der Waals surface area (Å²) in [5.41, 5.74) is 0.974. The number of imidazole rings is 1. The molecular weight excluding hydrogens is 310 g/mol. The summed E-state index contributed by atoms with van der Waals surface area (Å²) in [5.74, 6) is 0.846. The average molecular weight is 326 g/mol. The van der Waals surface area contributed by atoms with Gasteiger partial charge in [-0.15, -0.1) is 0 Å². The minimum atomic E-state index is 0.691. The van der Waals surface area contributed by atoms with Crippen molar-refractivity contribution in [3.8, 4) is 0 Å². The van der Waals surface area contributed by atoms with Crippen LogP contribution in [0.5, 0.6) is 0 Å². The van der Waals surface area contributed by atoms with Crippen molar-refractivity contribution in [2.24, 2.45) is 5.92 Å². The zero-order valence-electron chi connectivity index (χ0n) is 10.3. The molecule has 2 unspecified atom stereocenters. The van der Waals surface area contributed by atoms with E-state index in [1.807, 2.05) is 34.8 Å². The Labute approximate surface area is 120 Å². The van der Waals surface area contributed by atoms with E-state index in [0.29, 0.717) is 5.25 Å². The van der Waals surface area contributed by atoms with E-state index in [9.17, 15) is 0 Å². The van der Waals surface area contributed by atoms with Gasteiger partial charge in [0.25, 0.3) is 0 Å². The van der Waals surface area contributed by atoms with Gasteiger partial charge in [0.2, 0.25) is 0 Å². The second-order valence-corrected chi connectivity index (χ2v) is 7.14. The molecule has 0 aliphatic heterocycles. The van der Waals surface area contributed by atoms with Crippen LogP contribution in [0.1, 0.15) is 32.6 Å². The SMILES string of the molecule is CC1CCCC(Sc2nc(Br)cn3ccnc23)C1. The van der Waals surface area contributed by atoms with Crippen LogP contribution in [0.15, 0.2) is 28.2 Å². The third kappa shape index (κ3) is 2.57. The molecule has 0 spiro atoms. The summed E-state index contributed by atoms with van der Waals surface area (Å²) >= 11 is 5.36. The van der Waals surface area contributed by atoms with Gasteiger partial charge in [0.05, 0.1) is 0 Å². The van der Waals surface area contributed by atoms with Crippen molar-refractivity contribution in [2.75, 3.05) is 0 Å². The van der Waals surface area contributed by atoms with Crippen molar-refractivity contribution in [3.05, 3.63) is 23.2 Å². The van der Waals surface area contributed by atoms with Crippen molar-refractivity contribution < 1.29 is 0 Å². The molecule has 2 heterocycles. The summed E-state index contributed by atoms with van der Waals surface area (Å²) in [5, 5.41) is 1.74. The largest absolute Gasteiger partial charge is 0.302 e. The van der Waals surface area contributed by atoms with Gasteiger partial charge < -0.3 is 4.40 Å². The maximum Gasteiger partial charge on any atom is 0.169 e. The van der Waals surface area contributed by atoms with Crippen LogP contribution in [0.4, 0.5) is 0 Å². The number of fused-ring (bicyclic) bond motifs is 1. The first-order chi connectivity index (χ1) is 8.72. The molecule has 0 bridgehead atoms. The Morgan fingerprint density at radius 1 is 1.44 bits per heavy atom. The smallest absolute Gasteiger partial charge is 0.169 e. The quantitative estimate of drug-likeness (QED) is 0.830. The van der Waals surface area contributed by atoms with Crippen LogP contribution < -0.4 is 0 Å². The maximum atomic E-state index is 4.59. The van der Waals surface area contributed by atoms with E-state index in [-0.39, 0.29) is 0 Å². The number of hydrogen-bond donors (Lipinski definition) is 0. The summed E-state index contributed by atoms with van der Waals surface area (Å²) in [6.07, 6.45) is 11.1. The Hall–Kier alpha value is -0.550. The minimum absolute atomic E-state index is 0.691. The number of aromatic nitrogens is 3. The molecule has 0 amide bonds. The maximum absolute atomic E-state index is 4.59. The zero-order valence-corrected chi connectivity index (χ0v) is 12.7. The van der Waals surface area contributed by atoms with Crippen molar-refractivity contribution in [1.82, 2.24) is 14.4 Å². The summed E-state index contributed by atoms with van der Waals surface area (Å²) in [7, 11) is 0. The van der Waals surface area contributed by atoms with Crippen molar-refractivity contribution in [3.63, 3.8) is 0 Å². The highest BCUT2D eigenvalue weighted by atomic mass is 79.9. The standard InChI is InChI=1S/C13H16BrN3S/c1-9-3-2-4-10(7-9)18-13-12-15-5-6-17(12)8-11(14)16-13/h5-6,8-10H,2-4,7H2,1H3. The van der Waals surface area contributed by atoms with Crippen LogP contribution in [-0.2, 0) is 0 Å². The monoisotopic (exact) mass is 325 g/mol. The van der Waals surface area contributed by atoms with Crippen LogP contribution in [0.2, 0.25) is 0 Å². The first-order valence-electron chi connectivity index (χ1n) is 6.38. The lowest BCUT2D eigenvalue weighted by Crippen LogP contribution is -2.15. The average Bonchev–Trinajstić information content (AvgIpc) is 2.77. The predicted octanol–water partition coefficient (Wildman–Crippen LogP) is 4.16. The molecular formula is C13H16BrN3S. The fourth-order valence-corrected chi connectivity index (χ4v) is 4.55. The fraction of sp³-hybridized carbons (Fsp3) is 0.538. The molecule has 1 aliphatic carbocycles. The van der Waals surface area contributed by atoms with Gasteiger partial charge in [-0.3, -0.25) is 0 Å². The van der Waals surface area contributed by atoms with Crippen LogP contribution in [0.3, 0.4) is 0 Å². The van der Waals surface area contributed by atoms with Gasteiger partial charge in [-0.05, 0) is 34.7 Å². The van der Waals surface area contributed by atoms with Crippen LogP contribution >= 0.6 is 27.7 Å². The highest BCUT2D eigenvalue weighted by Gasteiger charge is 2.21. The normalized spacial score (nSPS) is 24.6. The van der Waals surface area contributed by atoms with Gasteiger partial charge in [0.15, 0.2) is 5.65 Å². The Morgan fingerprint density at radius 2 is 2.33 bits per heavy atom. The number of hydrogen-bond acceptors (Lipinski definition) is 3. The van der Waals surface area contributed by atoms with E-state index >= 15 is 0 Å². The molecule has 1 aliphatic rings. The van der Waals surface area contributed by atoms with Gasteiger partial charge >= 0.3 is 0 Å². The number of halogens is 1. The second-order valence-electron chi connectivity index (χ2n) is 5.04. The lowest BCUT2D eigenvalue weighted by molar-refractivity contribution is 0.394. The van der Waals surface area contributed by atoms with E-state index in [1.54, 1.807) is 0 Å². The first kappa shape index (κ1) is 12.5. The van der Waals surface area contributed by atoms with E-state index in [1.165, 1.54) is 25.7 Å². The van der Waals surface area contributed by atoms with E-state index in [0.717, 1.165) is 21.2 Å². The Morgan fingerprint density at radius 3 is 3.17 bits per heavy atom. The number of thioether (sulfide) groups is 1. The van der Waals surface area contributed by atoms with Crippen LogP contribution in [0, 0.1) is 5.92 Å². The van der Waals surface area contributed by atoms with E-state index < -0.39 is 0 Å². The topological polar surface area (TPSA) is 30.2 Å². The Kier molecular flexibility index (Phi) is 3.61. The second kappa shape index (κ2) is 5.21. The van der Waals surface area contributed by atoms with Crippen LogP contribution in [0.25, 0.3) is 5.65 Å². The van der Waals surface area contributed by atoms with E-state index in [2.05, 4.69) is 32.8 Å². The molecule has 0 saturated heterocycles. The summed E-state index contributed by atoms with van der Waals surface area (Å²) in [6.45, 7) is 2.35. The molecule has 3 nitrogen and oxygen atoms in total. The minimum Gasteiger partial charge on any atom is -0.302 e. The van der Waals surface area contributed by atoms with Crippen molar-refractivity contribution in [1.29, 1.82) is 0 Å². The molecule has 0 N–H and O–H groups in total. The molecule has 96 valence electrons. The lowest BCUT2D eigenvalue weighted by Gasteiger charge is -2.25. The third-order valence-electron chi connectivity index (χ3n) is 3.48. The molecule has 2 aromatic heterocycles. The molecule has 0 aromatic carbocycles. The molecule has 2 atom stereocenters. The highest BCUT2D eigenvalue weighted by Crippen LogP contribution is 2.36. The number of rotatable bonds is 2. The molecule has 0 radical (unpaired) electrons. The van der Waals surface area contributed by atoms with Crippen molar-refractivity contribution in [2.45, 2.75) is 42.9 Å². The molecule has 3 rings (SSSR count). The lowest BCUT2D eigenvalue weighted by atomic mass is 9.91. The summed E-state index contributed by atoms with van der Waals surface area (Å²) in [4.78, 5) is 8.99. The summed E-state index contributed by atoms with van der Waals surface area (Å²) < 4.78 is 2.91. The summed E-state index contributed by atoms with van der Waals surface area (Å²) in [6, 6.07) is 0. The van der Waals surface area contributed by atoms with Crippen LogP contribution in [-0.4, -0.2) is 19.6 Å². The van der Waals surface area contributed by atoms with Crippen molar-refractivity contribution >= 4 is 33.3 Å². The molecule has 1 saturated carbocycles.